The zero-order valence-electron chi connectivity index (χ0n) is 49.9. The smallest absolute Gasteiger partial charge is 1.00 e. The Morgan fingerprint density at radius 1 is 0.174 bits per heavy atom. The largest absolute Gasteiger partial charge is 2.00 e. The standard InChI is InChI=1S/4C21H14N.2ClH.2Zr/c4*1-2-9-16(10-3-1)22-19-13-7-6-12-18(19)21-17-11-5-4-8-15(17)14-20(21)22;;;;/h4*1-14H;2*1H;;/q4*-1;;;2*+2/p-2. The Bertz CT molecular complexity index is 5200. The van der Waals surface area contributed by atoms with Gasteiger partial charge in [-0.25, -0.2) is 0 Å². The maximum atomic E-state index is 2.37. The van der Waals surface area contributed by atoms with Crippen molar-refractivity contribution < 1.29 is 77.2 Å². The van der Waals surface area contributed by atoms with E-state index < -0.39 is 0 Å². The van der Waals surface area contributed by atoms with E-state index in [0.717, 1.165) is 0 Å². The Labute approximate surface area is 582 Å². The Balaban J connectivity index is 0.000000110. The summed E-state index contributed by atoms with van der Waals surface area (Å²) in [6.07, 6.45) is 0. The molecular formula is C84H56Cl2N4Zr2-2. The summed E-state index contributed by atoms with van der Waals surface area (Å²) in [6.45, 7) is 0. The Morgan fingerprint density at radius 3 is 0.543 bits per heavy atom. The summed E-state index contributed by atoms with van der Waals surface area (Å²) in [4.78, 5) is 0. The average Bonchev–Trinajstić information content (AvgIpc) is 1.64. The van der Waals surface area contributed by atoms with Crippen LogP contribution >= 0.6 is 0 Å². The van der Waals surface area contributed by atoms with E-state index in [9.17, 15) is 0 Å². The van der Waals surface area contributed by atoms with Crippen molar-refractivity contribution in [3.05, 3.63) is 340 Å². The maximum absolute atomic E-state index is 2.37. The van der Waals surface area contributed by atoms with Crippen molar-refractivity contribution in [3.8, 4) is 22.7 Å². The molecule has 0 atom stereocenters. The minimum absolute atomic E-state index is 0. The predicted molar refractivity (Wildman–Crippen MR) is 376 cm³/mol. The predicted octanol–water partition coefficient (Wildman–Crippen LogP) is 16.6. The van der Waals surface area contributed by atoms with E-state index in [4.69, 9.17) is 0 Å². The van der Waals surface area contributed by atoms with Crippen LogP contribution in [-0.4, -0.2) is 18.3 Å². The number of para-hydroxylation sites is 8. The van der Waals surface area contributed by atoms with Gasteiger partial charge in [0.15, 0.2) is 0 Å². The third kappa shape index (κ3) is 10.3. The second-order valence-electron chi connectivity index (χ2n) is 22.7. The van der Waals surface area contributed by atoms with Gasteiger partial charge in [-0.05, 0) is 116 Å². The van der Waals surface area contributed by atoms with Crippen LogP contribution in [0.4, 0.5) is 0 Å². The molecule has 0 amide bonds. The van der Waals surface area contributed by atoms with E-state index >= 15 is 0 Å². The summed E-state index contributed by atoms with van der Waals surface area (Å²) >= 11 is 0. The second-order valence-corrected chi connectivity index (χ2v) is 22.7. The Kier molecular flexibility index (Phi) is 17.4. The number of halogens is 2. The zero-order chi connectivity index (χ0) is 58.1. The van der Waals surface area contributed by atoms with E-state index in [2.05, 4.69) is 358 Å². The van der Waals surface area contributed by atoms with Gasteiger partial charge in [0, 0.05) is 44.8 Å². The molecule has 20 rings (SSSR count). The van der Waals surface area contributed by atoms with Crippen molar-refractivity contribution in [2.45, 2.75) is 0 Å². The summed E-state index contributed by atoms with van der Waals surface area (Å²) in [7, 11) is 0. The number of benzene rings is 12. The number of nitrogens with zero attached hydrogens (tertiary/aromatic N) is 4. The van der Waals surface area contributed by atoms with Gasteiger partial charge in [0.25, 0.3) is 0 Å². The molecule has 436 valence electrons. The van der Waals surface area contributed by atoms with Gasteiger partial charge in [0.2, 0.25) is 0 Å². The number of hydrogen-bond acceptors (Lipinski definition) is 0. The normalized spacial score (nSPS) is 11.1. The molecule has 16 aromatic carbocycles. The fourth-order valence-corrected chi connectivity index (χ4v) is 14.1. The van der Waals surface area contributed by atoms with Gasteiger partial charge in [-0.15, -0.1) is 140 Å². The van der Waals surface area contributed by atoms with E-state index in [1.54, 1.807) is 0 Å². The van der Waals surface area contributed by atoms with Crippen LogP contribution in [0.3, 0.4) is 0 Å². The molecule has 0 aliphatic rings. The van der Waals surface area contributed by atoms with Crippen molar-refractivity contribution in [1.29, 1.82) is 0 Å². The van der Waals surface area contributed by atoms with Crippen LogP contribution in [0, 0.1) is 0 Å². The molecule has 0 saturated carbocycles. The zero-order valence-corrected chi connectivity index (χ0v) is 56.3. The molecule has 8 heteroatoms. The van der Waals surface area contributed by atoms with Gasteiger partial charge < -0.3 is 43.1 Å². The first-order valence-corrected chi connectivity index (χ1v) is 30.3. The molecule has 0 aliphatic heterocycles. The fourth-order valence-electron chi connectivity index (χ4n) is 14.1. The van der Waals surface area contributed by atoms with Crippen molar-refractivity contribution in [1.82, 2.24) is 18.3 Å². The van der Waals surface area contributed by atoms with E-state index in [0.29, 0.717) is 0 Å². The Morgan fingerprint density at radius 2 is 0.337 bits per heavy atom. The van der Waals surface area contributed by atoms with E-state index in [1.807, 2.05) is 0 Å². The van der Waals surface area contributed by atoms with Crippen molar-refractivity contribution in [2.24, 2.45) is 0 Å². The second kappa shape index (κ2) is 26.1. The summed E-state index contributed by atoms with van der Waals surface area (Å²) in [5, 5.41) is 21.3. The molecule has 0 spiro atoms. The summed E-state index contributed by atoms with van der Waals surface area (Å²) < 4.78 is 9.46. The molecule has 0 radical (unpaired) electrons. The molecular weight excluding hydrogens is 1320 g/mol. The number of hydrogen-bond donors (Lipinski definition) is 0. The minimum Gasteiger partial charge on any atom is -1.00 e. The molecule has 0 aliphatic carbocycles. The third-order valence-corrected chi connectivity index (χ3v) is 17.8. The first-order chi connectivity index (χ1) is 43.7. The molecule has 4 heterocycles. The van der Waals surface area contributed by atoms with Crippen LogP contribution in [0.5, 0.6) is 0 Å². The van der Waals surface area contributed by atoms with Crippen molar-refractivity contribution >= 4 is 130 Å². The van der Waals surface area contributed by atoms with Gasteiger partial charge in [-0.2, -0.15) is 0 Å². The molecule has 0 bridgehead atoms. The fraction of sp³-hybridized carbons (Fsp3) is 0. The SMILES string of the molecule is [Cl-].[Cl-].[Zr+2].[Zr+2].c1ccc(-n2c3ccccc3c3c4ccccc4[cH-]c32)cc1.c1ccc(-n2c3ccccc3c3c4ccccc4[cH-]c32)cc1.c1ccc(-n2c3ccccc3c3c4ccccc4[cH-]c32)cc1.c1ccc(-n2c3ccccc3c3c4ccccc4[cH-]c32)cc1. The molecule has 0 unspecified atom stereocenters. The monoisotopic (exact) mass is 1370 g/mol. The first-order valence-electron chi connectivity index (χ1n) is 30.3. The molecule has 0 saturated heterocycles. The van der Waals surface area contributed by atoms with Gasteiger partial charge in [-0.1, -0.05) is 191 Å². The molecule has 20 aromatic rings. The van der Waals surface area contributed by atoms with Crippen LogP contribution in [0.1, 0.15) is 0 Å². The quantitative estimate of drug-likeness (QED) is 0.157. The summed E-state index contributed by atoms with van der Waals surface area (Å²) in [5.74, 6) is 0. The van der Waals surface area contributed by atoms with Crippen LogP contribution < -0.4 is 24.8 Å². The number of aromatic nitrogens is 4. The summed E-state index contributed by atoms with van der Waals surface area (Å²) in [5.41, 5.74) is 15.1. The molecule has 4 aromatic heterocycles. The van der Waals surface area contributed by atoms with Gasteiger partial charge in [0.05, 0.1) is 0 Å². The average molecular weight is 1370 g/mol. The van der Waals surface area contributed by atoms with Crippen LogP contribution in [0.15, 0.2) is 340 Å². The molecule has 0 N–H and O–H groups in total. The minimum atomic E-state index is 0. The summed E-state index contributed by atoms with van der Waals surface area (Å²) in [6, 6.07) is 121. The van der Waals surface area contributed by atoms with Gasteiger partial charge in [0.1, 0.15) is 0 Å². The topological polar surface area (TPSA) is 19.7 Å². The molecule has 0 fully saturated rings. The Hall–Kier alpha value is -9.37. The third-order valence-electron chi connectivity index (χ3n) is 17.8. The van der Waals surface area contributed by atoms with Crippen LogP contribution in [-0.2, 0) is 52.4 Å². The first kappa shape index (κ1) is 61.5. The van der Waals surface area contributed by atoms with Crippen LogP contribution in [0.2, 0.25) is 0 Å². The van der Waals surface area contributed by atoms with Crippen LogP contribution in [0.25, 0.3) is 153 Å². The molecule has 92 heavy (non-hydrogen) atoms. The van der Waals surface area contributed by atoms with E-state index in [-0.39, 0.29) is 77.2 Å². The van der Waals surface area contributed by atoms with Crippen molar-refractivity contribution in [2.75, 3.05) is 0 Å². The molecule has 4 nitrogen and oxygen atoms in total. The van der Waals surface area contributed by atoms with Crippen molar-refractivity contribution in [3.63, 3.8) is 0 Å². The number of fused-ring (bicyclic) bond motifs is 20. The van der Waals surface area contributed by atoms with E-state index in [1.165, 1.54) is 153 Å². The van der Waals surface area contributed by atoms with Gasteiger partial charge >= 0.3 is 52.4 Å². The maximum Gasteiger partial charge on any atom is 2.00 e. The number of rotatable bonds is 4. The van der Waals surface area contributed by atoms with Gasteiger partial charge in [-0.3, -0.25) is 0 Å².